The molecule has 1 aliphatic heterocycles. The van der Waals surface area contributed by atoms with Gasteiger partial charge in [0.1, 0.15) is 24.2 Å². The zero-order chi connectivity index (χ0) is 27.3. The lowest BCUT2D eigenvalue weighted by molar-refractivity contribution is -0.142. The highest BCUT2D eigenvalue weighted by Crippen LogP contribution is 2.24. The number of furan rings is 1. The standard InChI is InChI=1S/C26H34FN7O4/c1-18-5-10-21(38-18)24-29-31-34(30-24)17-22(35)33(12-11-32-13-15-37-16-14-32)23(25(36)28-26(2,3)4)19-6-8-20(27)9-7-19/h5-10,23H,11-17H2,1-4H3,(H,28,36). The smallest absolute Gasteiger partial charge is 0.247 e. The second kappa shape index (κ2) is 11.8. The van der Waals surface area contributed by atoms with E-state index in [-0.39, 0.29) is 30.7 Å². The number of nitrogens with one attached hydrogen (secondary N) is 1. The van der Waals surface area contributed by atoms with E-state index in [1.54, 1.807) is 12.1 Å². The Labute approximate surface area is 220 Å². The summed E-state index contributed by atoms with van der Waals surface area (Å²) >= 11 is 0. The Morgan fingerprint density at radius 3 is 2.47 bits per heavy atom. The number of amides is 2. The van der Waals surface area contributed by atoms with Gasteiger partial charge < -0.3 is 19.4 Å². The molecule has 38 heavy (non-hydrogen) atoms. The van der Waals surface area contributed by atoms with Crippen LogP contribution in [0.1, 0.15) is 38.1 Å². The number of aromatic nitrogens is 4. The molecule has 1 fully saturated rings. The maximum absolute atomic E-state index is 13.8. The summed E-state index contributed by atoms with van der Waals surface area (Å²) in [5.74, 6) is 0.232. The van der Waals surface area contributed by atoms with E-state index >= 15 is 0 Å². The number of carbonyl (C=O) groups is 2. The van der Waals surface area contributed by atoms with Crippen LogP contribution in [0.25, 0.3) is 11.6 Å². The predicted octanol–water partition coefficient (Wildman–Crippen LogP) is 2.20. The summed E-state index contributed by atoms with van der Waals surface area (Å²) in [5, 5.41) is 15.3. The molecule has 3 aromatic rings. The van der Waals surface area contributed by atoms with Crippen LogP contribution in [0.4, 0.5) is 4.39 Å². The van der Waals surface area contributed by atoms with E-state index < -0.39 is 17.4 Å². The minimum atomic E-state index is -0.987. The number of aryl methyl sites for hydroxylation is 1. The van der Waals surface area contributed by atoms with Crippen molar-refractivity contribution in [2.45, 2.75) is 45.8 Å². The lowest BCUT2D eigenvalue weighted by Gasteiger charge is -2.35. The Hall–Kier alpha value is -3.64. The highest BCUT2D eigenvalue weighted by Gasteiger charge is 2.34. The van der Waals surface area contributed by atoms with E-state index in [1.165, 1.54) is 34.0 Å². The summed E-state index contributed by atoms with van der Waals surface area (Å²) in [6, 6.07) is 8.16. The third kappa shape index (κ3) is 7.23. The third-order valence-corrected chi connectivity index (χ3v) is 6.02. The first-order valence-electron chi connectivity index (χ1n) is 12.6. The molecular formula is C26H34FN7O4. The Bertz CT molecular complexity index is 1230. The Balaban J connectivity index is 1.62. The SMILES string of the molecule is Cc1ccc(-c2nnn(CC(=O)N(CCN3CCOCC3)C(C(=O)NC(C)(C)C)c3ccc(F)cc3)n2)o1. The molecular weight excluding hydrogens is 493 g/mol. The van der Waals surface area contributed by atoms with Gasteiger partial charge in [-0.05, 0) is 62.7 Å². The lowest BCUT2D eigenvalue weighted by atomic mass is 10.0. The normalized spacial score (nSPS) is 15.3. The van der Waals surface area contributed by atoms with Crippen LogP contribution in [-0.2, 0) is 20.9 Å². The van der Waals surface area contributed by atoms with E-state index in [1.807, 2.05) is 27.7 Å². The van der Waals surface area contributed by atoms with Gasteiger partial charge in [-0.1, -0.05) is 12.1 Å². The van der Waals surface area contributed by atoms with Gasteiger partial charge in [0.2, 0.25) is 17.6 Å². The molecule has 4 rings (SSSR count). The van der Waals surface area contributed by atoms with E-state index in [9.17, 15) is 14.0 Å². The van der Waals surface area contributed by atoms with Gasteiger partial charge in [0.15, 0.2) is 5.76 Å². The molecule has 2 amide bonds. The molecule has 11 nitrogen and oxygen atoms in total. The topological polar surface area (TPSA) is 119 Å². The Morgan fingerprint density at radius 2 is 1.84 bits per heavy atom. The molecule has 0 spiro atoms. The van der Waals surface area contributed by atoms with Gasteiger partial charge in [0, 0.05) is 31.7 Å². The number of ether oxygens (including phenoxy) is 1. The third-order valence-electron chi connectivity index (χ3n) is 6.02. The fraction of sp³-hybridized carbons (Fsp3) is 0.500. The molecule has 2 aromatic heterocycles. The number of benzene rings is 1. The number of morpholine rings is 1. The Morgan fingerprint density at radius 1 is 1.13 bits per heavy atom. The number of nitrogens with zero attached hydrogens (tertiary/aromatic N) is 6. The molecule has 0 bridgehead atoms. The summed E-state index contributed by atoms with van der Waals surface area (Å²) < 4.78 is 24.8. The average molecular weight is 528 g/mol. The van der Waals surface area contributed by atoms with Crippen LogP contribution in [0.5, 0.6) is 0 Å². The maximum atomic E-state index is 13.8. The first-order valence-corrected chi connectivity index (χ1v) is 12.6. The van der Waals surface area contributed by atoms with Crippen molar-refractivity contribution < 1.29 is 23.1 Å². The highest BCUT2D eigenvalue weighted by atomic mass is 19.1. The quantitative estimate of drug-likeness (QED) is 0.450. The summed E-state index contributed by atoms with van der Waals surface area (Å²) in [6.07, 6.45) is 0. The molecule has 1 aliphatic rings. The van der Waals surface area contributed by atoms with Crippen molar-refractivity contribution >= 4 is 11.8 Å². The molecule has 1 N–H and O–H groups in total. The van der Waals surface area contributed by atoms with E-state index in [0.717, 1.165) is 13.1 Å². The first-order chi connectivity index (χ1) is 18.1. The molecule has 0 aliphatic carbocycles. The molecule has 1 atom stereocenters. The highest BCUT2D eigenvalue weighted by molar-refractivity contribution is 5.89. The van der Waals surface area contributed by atoms with Gasteiger partial charge in [-0.15, -0.1) is 10.2 Å². The van der Waals surface area contributed by atoms with Crippen molar-refractivity contribution in [1.29, 1.82) is 0 Å². The number of hydrogen-bond donors (Lipinski definition) is 1. The van der Waals surface area contributed by atoms with Crippen LogP contribution < -0.4 is 5.32 Å². The van der Waals surface area contributed by atoms with Crippen LogP contribution in [0.15, 0.2) is 40.8 Å². The van der Waals surface area contributed by atoms with Gasteiger partial charge in [-0.3, -0.25) is 14.5 Å². The van der Waals surface area contributed by atoms with Crippen molar-refractivity contribution in [2.75, 3.05) is 39.4 Å². The van der Waals surface area contributed by atoms with Crippen LogP contribution in [0.2, 0.25) is 0 Å². The van der Waals surface area contributed by atoms with E-state index in [2.05, 4.69) is 25.6 Å². The van der Waals surface area contributed by atoms with E-state index in [0.29, 0.717) is 36.8 Å². The zero-order valence-corrected chi connectivity index (χ0v) is 22.2. The fourth-order valence-electron chi connectivity index (χ4n) is 4.20. The minimum absolute atomic E-state index is 0.240. The van der Waals surface area contributed by atoms with Crippen molar-refractivity contribution in [3.05, 3.63) is 53.5 Å². The number of halogens is 1. The lowest BCUT2D eigenvalue weighted by Crippen LogP contribution is -2.52. The van der Waals surface area contributed by atoms with Crippen molar-refractivity contribution in [3.63, 3.8) is 0 Å². The fourth-order valence-corrected chi connectivity index (χ4v) is 4.20. The summed E-state index contributed by atoms with van der Waals surface area (Å²) in [7, 11) is 0. The summed E-state index contributed by atoms with van der Waals surface area (Å²) in [6.45, 7) is 10.6. The number of tetrazole rings is 1. The van der Waals surface area contributed by atoms with Gasteiger partial charge in [-0.2, -0.15) is 4.80 Å². The minimum Gasteiger partial charge on any atom is -0.458 e. The van der Waals surface area contributed by atoms with Crippen LogP contribution >= 0.6 is 0 Å². The van der Waals surface area contributed by atoms with E-state index in [4.69, 9.17) is 9.15 Å². The summed E-state index contributed by atoms with van der Waals surface area (Å²) in [5.41, 5.74) is -0.0422. The Kier molecular flexibility index (Phi) is 8.52. The monoisotopic (exact) mass is 527 g/mol. The first kappa shape index (κ1) is 27.4. The molecule has 0 saturated carbocycles. The van der Waals surface area contributed by atoms with Gasteiger partial charge >= 0.3 is 0 Å². The number of carbonyl (C=O) groups excluding carboxylic acids is 2. The molecule has 12 heteroatoms. The predicted molar refractivity (Wildman–Crippen MR) is 136 cm³/mol. The van der Waals surface area contributed by atoms with Crippen LogP contribution in [-0.4, -0.2) is 86.8 Å². The van der Waals surface area contributed by atoms with Crippen molar-refractivity contribution in [2.24, 2.45) is 0 Å². The molecule has 3 heterocycles. The number of hydrogen-bond acceptors (Lipinski definition) is 8. The average Bonchev–Trinajstić information content (AvgIpc) is 3.51. The van der Waals surface area contributed by atoms with Crippen molar-refractivity contribution in [3.8, 4) is 11.6 Å². The zero-order valence-electron chi connectivity index (χ0n) is 22.2. The second-order valence-electron chi connectivity index (χ2n) is 10.3. The van der Waals surface area contributed by atoms with Gasteiger partial charge in [0.05, 0.1) is 13.2 Å². The molecule has 204 valence electrons. The largest absolute Gasteiger partial charge is 0.458 e. The summed E-state index contributed by atoms with van der Waals surface area (Å²) in [4.78, 5) is 32.2. The number of rotatable bonds is 9. The molecule has 0 radical (unpaired) electrons. The molecule has 1 saturated heterocycles. The molecule has 1 unspecified atom stereocenters. The van der Waals surface area contributed by atoms with Gasteiger partial charge in [-0.25, -0.2) is 4.39 Å². The van der Waals surface area contributed by atoms with Crippen LogP contribution in [0, 0.1) is 12.7 Å². The van der Waals surface area contributed by atoms with Crippen LogP contribution in [0.3, 0.4) is 0 Å². The maximum Gasteiger partial charge on any atom is 0.247 e. The second-order valence-corrected chi connectivity index (χ2v) is 10.3. The molecule has 1 aromatic carbocycles. The van der Waals surface area contributed by atoms with Gasteiger partial charge in [0.25, 0.3) is 0 Å². The van der Waals surface area contributed by atoms with Crippen molar-refractivity contribution in [1.82, 2.24) is 35.3 Å².